The van der Waals surface area contributed by atoms with Crippen molar-refractivity contribution < 1.29 is 29.4 Å². The highest BCUT2D eigenvalue weighted by molar-refractivity contribution is 5.94. The van der Waals surface area contributed by atoms with Crippen molar-refractivity contribution in [2.75, 3.05) is 13.1 Å². The lowest BCUT2D eigenvalue weighted by atomic mass is 9.97. The molecule has 9 N–H and O–H groups in total. The standard InChI is InChI=1S/C18H35N5O6/c1-4-10(2)14(22-13(25)9-20)16(26)23-15(11(3)24)17(27)21-12(18(28)29)7-5-6-8-19/h10-12,14-15,24H,4-9,19-20H2,1-3H3,(H,21,27)(H,22,25)(H,23,26)(H,28,29). The summed E-state index contributed by atoms with van der Waals surface area (Å²) in [5, 5.41) is 26.5. The Kier molecular flexibility index (Phi) is 12.8. The maximum Gasteiger partial charge on any atom is 0.326 e. The average molecular weight is 418 g/mol. The number of nitrogens with one attached hydrogen (secondary N) is 3. The van der Waals surface area contributed by atoms with Crippen LogP contribution < -0.4 is 27.4 Å². The van der Waals surface area contributed by atoms with Gasteiger partial charge in [0.2, 0.25) is 17.7 Å². The Bertz CT molecular complexity index is 557. The van der Waals surface area contributed by atoms with Gasteiger partial charge in [-0.2, -0.15) is 0 Å². The summed E-state index contributed by atoms with van der Waals surface area (Å²) in [6.07, 6.45) is 0.548. The van der Waals surface area contributed by atoms with E-state index in [0.29, 0.717) is 25.8 Å². The molecule has 0 saturated carbocycles. The highest BCUT2D eigenvalue weighted by Gasteiger charge is 2.33. The van der Waals surface area contributed by atoms with Gasteiger partial charge in [0.05, 0.1) is 12.6 Å². The normalized spacial score (nSPS) is 16.1. The molecular formula is C18H35N5O6. The number of carboxylic acid groups (broad SMARTS) is 1. The summed E-state index contributed by atoms with van der Waals surface area (Å²) >= 11 is 0. The summed E-state index contributed by atoms with van der Waals surface area (Å²) in [5.74, 6) is -3.52. The van der Waals surface area contributed by atoms with Gasteiger partial charge in [-0.05, 0) is 38.6 Å². The number of carbonyl (C=O) groups is 4. The maximum absolute atomic E-state index is 12.7. The van der Waals surface area contributed by atoms with Crippen LogP contribution in [0.15, 0.2) is 0 Å². The van der Waals surface area contributed by atoms with Crippen molar-refractivity contribution in [1.82, 2.24) is 16.0 Å². The molecule has 11 heteroatoms. The van der Waals surface area contributed by atoms with Gasteiger partial charge in [0.15, 0.2) is 0 Å². The first-order valence-corrected chi connectivity index (χ1v) is 9.80. The minimum Gasteiger partial charge on any atom is -0.480 e. The van der Waals surface area contributed by atoms with Crippen LogP contribution in [0, 0.1) is 5.92 Å². The van der Waals surface area contributed by atoms with Crippen LogP contribution in [0.4, 0.5) is 0 Å². The summed E-state index contributed by atoms with van der Waals surface area (Å²) in [6, 6.07) is -3.51. The summed E-state index contributed by atoms with van der Waals surface area (Å²) in [5.41, 5.74) is 10.7. The van der Waals surface area contributed by atoms with Gasteiger partial charge in [-0.1, -0.05) is 20.3 Å². The lowest BCUT2D eigenvalue weighted by molar-refractivity contribution is -0.143. The molecule has 0 aromatic rings. The van der Waals surface area contributed by atoms with E-state index in [1.807, 2.05) is 6.92 Å². The molecule has 3 amide bonds. The number of aliphatic hydroxyl groups is 1. The van der Waals surface area contributed by atoms with Gasteiger partial charge in [-0.15, -0.1) is 0 Å². The number of aliphatic hydroxyl groups excluding tert-OH is 1. The minimum atomic E-state index is -1.39. The van der Waals surface area contributed by atoms with E-state index >= 15 is 0 Å². The van der Waals surface area contributed by atoms with E-state index in [1.165, 1.54) is 6.92 Å². The predicted molar refractivity (Wildman–Crippen MR) is 107 cm³/mol. The van der Waals surface area contributed by atoms with E-state index in [9.17, 15) is 29.4 Å². The molecule has 5 unspecified atom stereocenters. The number of hydrogen-bond acceptors (Lipinski definition) is 7. The highest BCUT2D eigenvalue weighted by atomic mass is 16.4. The zero-order chi connectivity index (χ0) is 22.6. The van der Waals surface area contributed by atoms with Crippen LogP contribution in [0.5, 0.6) is 0 Å². The molecule has 0 bridgehead atoms. The first-order valence-electron chi connectivity index (χ1n) is 9.80. The third-order valence-corrected chi connectivity index (χ3v) is 4.62. The van der Waals surface area contributed by atoms with Crippen molar-refractivity contribution in [1.29, 1.82) is 0 Å². The molecule has 0 aromatic heterocycles. The molecule has 0 aliphatic rings. The average Bonchev–Trinajstić information content (AvgIpc) is 2.67. The monoisotopic (exact) mass is 417 g/mol. The van der Waals surface area contributed by atoms with E-state index in [4.69, 9.17) is 11.5 Å². The van der Waals surface area contributed by atoms with E-state index < -0.39 is 47.9 Å². The molecule has 0 fully saturated rings. The molecule has 0 aromatic carbocycles. The molecule has 0 rings (SSSR count). The summed E-state index contributed by atoms with van der Waals surface area (Å²) in [6.45, 7) is 4.97. The lowest BCUT2D eigenvalue weighted by Crippen LogP contribution is -2.60. The number of amides is 3. The second-order valence-electron chi connectivity index (χ2n) is 7.05. The number of unbranched alkanes of at least 4 members (excludes halogenated alkanes) is 1. The molecule has 168 valence electrons. The van der Waals surface area contributed by atoms with E-state index in [0.717, 1.165) is 0 Å². The van der Waals surface area contributed by atoms with Crippen LogP contribution in [0.3, 0.4) is 0 Å². The Morgan fingerprint density at radius 2 is 1.52 bits per heavy atom. The van der Waals surface area contributed by atoms with E-state index in [-0.39, 0.29) is 18.9 Å². The molecule has 29 heavy (non-hydrogen) atoms. The third-order valence-electron chi connectivity index (χ3n) is 4.62. The fourth-order valence-electron chi connectivity index (χ4n) is 2.59. The van der Waals surface area contributed by atoms with E-state index in [1.54, 1.807) is 6.92 Å². The van der Waals surface area contributed by atoms with Gasteiger partial charge in [0.1, 0.15) is 18.1 Å². The van der Waals surface area contributed by atoms with Gasteiger partial charge >= 0.3 is 5.97 Å². The lowest BCUT2D eigenvalue weighted by Gasteiger charge is -2.28. The quantitative estimate of drug-likeness (QED) is 0.158. The molecule has 5 atom stereocenters. The summed E-state index contributed by atoms with van der Waals surface area (Å²) in [7, 11) is 0. The van der Waals surface area contributed by atoms with Crippen molar-refractivity contribution in [3.8, 4) is 0 Å². The Morgan fingerprint density at radius 1 is 0.931 bits per heavy atom. The second kappa shape index (κ2) is 13.9. The molecule has 0 aliphatic carbocycles. The number of hydrogen-bond donors (Lipinski definition) is 7. The Hall–Kier alpha value is -2.24. The van der Waals surface area contributed by atoms with E-state index in [2.05, 4.69) is 16.0 Å². The molecular weight excluding hydrogens is 382 g/mol. The number of carboxylic acids is 1. The zero-order valence-electron chi connectivity index (χ0n) is 17.3. The topological polar surface area (TPSA) is 197 Å². The smallest absolute Gasteiger partial charge is 0.326 e. The number of nitrogens with two attached hydrogens (primary N) is 2. The Labute approximate surface area is 171 Å². The van der Waals surface area contributed by atoms with Crippen LogP contribution in [-0.4, -0.2) is 71.2 Å². The summed E-state index contributed by atoms with van der Waals surface area (Å²) < 4.78 is 0. The molecule has 0 heterocycles. The van der Waals surface area contributed by atoms with Crippen molar-refractivity contribution in [3.05, 3.63) is 0 Å². The van der Waals surface area contributed by atoms with Crippen LogP contribution in [0.25, 0.3) is 0 Å². The predicted octanol–water partition coefficient (Wildman–Crippen LogP) is -1.96. The first-order chi connectivity index (χ1) is 13.6. The minimum absolute atomic E-state index is 0.167. The molecule has 0 saturated heterocycles. The van der Waals surface area contributed by atoms with Crippen molar-refractivity contribution >= 4 is 23.7 Å². The third kappa shape index (κ3) is 9.68. The second-order valence-corrected chi connectivity index (χ2v) is 7.05. The van der Waals surface area contributed by atoms with Crippen molar-refractivity contribution in [2.45, 2.75) is 70.7 Å². The molecule has 0 spiro atoms. The first kappa shape index (κ1) is 26.8. The molecule has 0 aliphatic heterocycles. The fraction of sp³-hybridized carbons (Fsp3) is 0.778. The SMILES string of the molecule is CCC(C)C(NC(=O)CN)C(=O)NC(C(=O)NC(CCCCN)C(=O)O)C(C)O. The Morgan fingerprint density at radius 3 is 1.97 bits per heavy atom. The molecule has 11 nitrogen and oxygen atoms in total. The van der Waals surface area contributed by atoms with Crippen LogP contribution in [0.1, 0.15) is 46.5 Å². The molecule has 0 radical (unpaired) electrons. The van der Waals surface area contributed by atoms with Crippen LogP contribution in [0.2, 0.25) is 0 Å². The maximum atomic E-state index is 12.7. The Balaban J connectivity index is 5.25. The number of rotatable bonds is 14. The highest BCUT2D eigenvalue weighted by Crippen LogP contribution is 2.09. The number of aliphatic carboxylic acids is 1. The van der Waals surface area contributed by atoms with Gasteiger partial charge in [-0.25, -0.2) is 4.79 Å². The van der Waals surface area contributed by atoms with Gasteiger partial charge < -0.3 is 37.6 Å². The fourth-order valence-corrected chi connectivity index (χ4v) is 2.59. The van der Waals surface area contributed by atoms with Gasteiger partial charge in [0.25, 0.3) is 0 Å². The summed E-state index contributed by atoms with van der Waals surface area (Å²) in [4.78, 5) is 48.2. The van der Waals surface area contributed by atoms with Crippen LogP contribution >= 0.6 is 0 Å². The largest absolute Gasteiger partial charge is 0.480 e. The zero-order valence-corrected chi connectivity index (χ0v) is 17.3. The van der Waals surface area contributed by atoms with Crippen LogP contribution in [-0.2, 0) is 19.2 Å². The van der Waals surface area contributed by atoms with Crippen molar-refractivity contribution in [3.63, 3.8) is 0 Å². The van der Waals surface area contributed by atoms with Gasteiger partial charge in [0, 0.05) is 0 Å². The van der Waals surface area contributed by atoms with Crippen molar-refractivity contribution in [2.24, 2.45) is 17.4 Å². The number of carbonyl (C=O) groups excluding carboxylic acids is 3. The van der Waals surface area contributed by atoms with Gasteiger partial charge in [-0.3, -0.25) is 14.4 Å².